The van der Waals surface area contributed by atoms with Crippen molar-refractivity contribution >= 4 is 0 Å². The molecule has 2 aromatic carbocycles. The van der Waals surface area contributed by atoms with Crippen molar-refractivity contribution < 1.29 is 9.50 Å². The van der Waals surface area contributed by atoms with Gasteiger partial charge in [0.05, 0.1) is 6.10 Å². The fourth-order valence-electron chi connectivity index (χ4n) is 2.02. The number of aliphatic hydroxyl groups excluding tert-OH is 1. The highest BCUT2D eigenvalue weighted by Crippen LogP contribution is 2.20. The van der Waals surface area contributed by atoms with Crippen LogP contribution >= 0.6 is 0 Å². The van der Waals surface area contributed by atoms with Gasteiger partial charge < -0.3 is 5.11 Å². The fourth-order valence-corrected chi connectivity index (χ4v) is 2.02. The lowest BCUT2D eigenvalue weighted by Gasteiger charge is -2.10. The molecule has 2 heteroatoms. The van der Waals surface area contributed by atoms with E-state index in [1.54, 1.807) is 12.1 Å². The summed E-state index contributed by atoms with van der Waals surface area (Å²) in [5, 5.41) is 9.96. The summed E-state index contributed by atoms with van der Waals surface area (Å²) in [5.41, 5.74) is 1.92. The summed E-state index contributed by atoms with van der Waals surface area (Å²) in [7, 11) is 0. The molecule has 1 N–H and O–H groups in total. The monoisotopic (exact) mass is 244 g/mol. The van der Waals surface area contributed by atoms with Gasteiger partial charge in [-0.15, -0.1) is 0 Å². The van der Waals surface area contributed by atoms with Crippen LogP contribution in [0.15, 0.2) is 54.6 Å². The molecular formula is C16H17FO. The van der Waals surface area contributed by atoms with Crippen LogP contribution in [0.4, 0.5) is 4.39 Å². The molecule has 0 amide bonds. The predicted molar refractivity (Wildman–Crippen MR) is 70.7 cm³/mol. The van der Waals surface area contributed by atoms with Gasteiger partial charge in [0.15, 0.2) is 0 Å². The Balaban J connectivity index is 1.83. The summed E-state index contributed by atoms with van der Waals surface area (Å²) in [4.78, 5) is 0. The molecule has 0 radical (unpaired) electrons. The van der Waals surface area contributed by atoms with Crippen LogP contribution in [-0.2, 0) is 6.42 Å². The number of halogens is 1. The first-order chi connectivity index (χ1) is 8.75. The third kappa shape index (κ3) is 3.67. The normalized spacial score (nSPS) is 12.3. The van der Waals surface area contributed by atoms with Crippen LogP contribution in [0.5, 0.6) is 0 Å². The van der Waals surface area contributed by atoms with Gasteiger partial charge in [-0.2, -0.15) is 0 Å². The minimum atomic E-state index is -0.579. The van der Waals surface area contributed by atoms with Gasteiger partial charge in [0.1, 0.15) is 5.82 Å². The van der Waals surface area contributed by atoms with Crippen molar-refractivity contribution in [1.82, 2.24) is 0 Å². The molecule has 0 spiro atoms. The van der Waals surface area contributed by atoms with E-state index in [-0.39, 0.29) is 5.82 Å². The second-order valence-corrected chi connectivity index (χ2v) is 4.45. The van der Waals surface area contributed by atoms with E-state index in [1.807, 2.05) is 18.2 Å². The third-order valence-corrected chi connectivity index (χ3v) is 3.02. The molecule has 0 bridgehead atoms. The van der Waals surface area contributed by atoms with Crippen LogP contribution in [0.25, 0.3) is 0 Å². The summed E-state index contributed by atoms with van der Waals surface area (Å²) >= 11 is 0. The molecule has 0 aliphatic heterocycles. The first kappa shape index (κ1) is 12.8. The van der Waals surface area contributed by atoms with Crippen molar-refractivity contribution in [3.63, 3.8) is 0 Å². The Morgan fingerprint density at radius 1 is 1.00 bits per heavy atom. The molecule has 0 saturated carbocycles. The summed E-state index contributed by atoms with van der Waals surface area (Å²) in [6.07, 6.45) is 1.90. The van der Waals surface area contributed by atoms with E-state index in [2.05, 4.69) is 12.1 Å². The minimum absolute atomic E-state index is 0.297. The average molecular weight is 244 g/mol. The highest BCUT2D eigenvalue weighted by Gasteiger charge is 2.07. The van der Waals surface area contributed by atoms with E-state index in [4.69, 9.17) is 0 Å². The van der Waals surface area contributed by atoms with Crippen LogP contribution in [0.1, 0.15) is 30.1 Å². The number of benzene rings is 2. The molecule has 0 heterocycles. The zero-order chi connectivity index (χ0) is 12.8. The van der Waals surface area contributed by atoms with Crippen LogP contribution < -0.4 is 0 Å². The third-order valence-electron chi connectivity index (χ3n) is 3.02. The summed E-state index contributed by atoms with van der Waals surface area (Å²) < 4.78 is 13.0. The molecule has 0 saturated heterocycles. The number of aryl methyl sites for hydroxylation is 1. The molecule has 18 heavy (non-hydrogen) atoms. The second-order valence-electron chi connectivity index (χ2n) is 4.45. The lowest BCUT2D eigenvalue weighted by atomic mass is 10.0. The van der Waals surface area contributed by atoms with Crippen LogP contribution in [-0.4, -0.2) is 5.11 Å². The molecule has 0 aromatic heterocycles. The minimum Gasteiger partial charge on any atom is -0.388 e. The maximum Gasteiger partial charge on any atom is 0.123 e. The SMILES string of the molecule is OC(CCCc1ccccc1)c1cccc(F)c1. The van der Waals surface area contributed by atoms with Gasteiger partial charge in [-0.3, -0.25) is 0 Å². The second kappa shape index (κ2) is 6.31. The van der Waals surface area contributed by atoms with Gasteiger partial charge in [0.25, 0.3) is 0 Å². The van der Waals surface area contributed by atoms with Crippen molar-refractivity contribution in [3.05, 3.63) is 71.5 Å². The van der Waals surface area contributed by atoms with Gasteiger partial charge in [0.2, 0.25) is 0 Å². The molecule has 0 aliphatic carbocycles. The highest BCUT2D eigenvalue weighted by molar-refractivity contribution is 5.19. The topological polar surface area (TPSA) is 20.2 Å². The van der Waals surface area contributed by atoms with Crippen molar-refractivity contribution in [2.75, 3.05) is 0 Å². The van der Waals surface area contributed by atoms with E-state index in [1.165, 1.54) is 17.7 Å². The average Bonchev–Trinajstić information content (AvgIpc) is 2.40. The van der Waals surface area contributed by atoms with Crippen molar-refractivity contribution in [3.8, 4) is 0 Å². The number of rotatable bonds is 5. The molecule has 1 atom stereocenters. The van der Waals surface area contributed by atoms with Crippen molar-refractivity contribution in [2.24, 2.45) is 0 Å². The number of aliphatic hydroxyl groups is 1. The zero-order valence-electron chi connectivity index (χ0n) is 10.2. The Morgan fingerprint density at radius 2 is 1.78 bits per heavy atom. The molecule has 0 fully saturated rings. The molecule has 2 aromatic rings. The van der Waals surface area contributed by atoms with Crippen LogP contribution in [0.3, 0.4) is 0 Å². The Kier molecular flexibility index (Phi) is 4.48. The van der Waals surface area contributed by atoms with Crippen LogP contribution in [0.2, 0.25) is 0 Å². The smallest absolute Gasteiger partial charge is 0.123 e. The zero-order valence-corrected chi connectivity index (χ0v) is 10.2. The van der Waals surface area contributed by atoms with E-state index < -0.39 is 6.10 Å². The molecule has 1 unspecified atom stereocenters. The maximum atomic E-state index is 13.0. The van der Waals surface area contributed by atoms with Gasteiger partial charge in [-0.1, -0.05) is 42.5 Å². The first-order valence-electron chi connectivity index (χ1n) is 6.23. The Labute approximate surface area is 107 Å². The van der Waals surface area contributed by atoms with Gasteiger partial charge in [0, 0.05) is 0 Å². The molecule has 94 valence electrons. The first-order valence-corrected chi connectivity index (χ1v) is 6.23. The van der Waals surface area contributed by atoms with Gasteiger partial charge in [-0.05, 0) is 42.5 Å². The van der Waals surface area contributed by atoms with Crippen LogP contribution in [0, 0.1) is 5.82 Å². The van der Waals surface area contributed by atoms with Gasteiger partial charge >= 0.3 is 0 Å². The Hall–Kier alpha value is -1.67. The molecule has 0 aliphatic rings. The summed E-state index contributed by atoms with van der Waals surface area (Å²) in [6.45, 7) is 0. The van der Waals surface area contributed by atoms with E-state index in [9.17, 15) is 9.50 Å². The Morgan fingerprint density at radius 3 is 2.50 bits per heavy atom. The molecule has 2 rings (SSSR count). The number of hydrogen-bond donors (Lipinski definition) is 1. The van der Waals surface area contributed by atoms with Crippen molar-refractivity contribution in [1.29, 1.82) is 0 Å². The molecular weight excluding hydrogens is 227 g/mol. The van der Waals surface area contributed by atoms with E-state index in [0.29, 0.717) is 12.0 Å². The van der Waals surface area contributed by atoms with E-state index >= 15 is 0 Å². The quantitative estimate of drug-likeness (QED) is 0.846. The lowest BCUT2D eigenvalue weighted by Crippen LogP contribution is -1.99. The van der Waals surface area contributed by atoms with E-state index in [0.717, 1.165) is 12.8 Å². The van der Waals surface area contributed by atoms with Gasteiger partial charge in [-0.25, -0.2) is 4.39 Å². The number of hydrogen-bond acceptors (Lipinski definition) is 1. The standard InChI is InChI=1S/C16H17FO/c17-15-10-5-9-14(12-15)16(18)11-4-8-13-6-2-1-3-7-13/h1-3,5-7,9-10,12,16,18H,4,8,11H2. The molecule has 1 nitrogen and oxygen atoms in total. The van der Waals surface area contributed by atoms with Crippen molar-refractivity contribution in [2.45, 2.75) is 25.4 Å². The summed E-state index contributed by atoms with van der Waals surface area (Å²) in [5.74, 6) is -0.297. The summed E-state index contributed by atoms with van der Waals surface area (Å²) in [6, 6.07) is 16.3. The Bertz CT molecular complexity index is 481. The largest absolute Gasteiger partial charge is 0.388 e. The fraction of sp³-hybridized carbons (Fsp3) is 0.250. The lowest BCUT2D eigenvalue weighted by molar-refractivity contribution is 0.164. The maximum absolute atomic E-state index is 13.0. The highest BCUT2D eigenvalue weighted by atomic mass is 19.1. The predicted octanol–water partition coefficient (Wildman–Crippen LogP) is 3.88.